The second kappa shape index (κ2) is 7.78. The van der Waals surface area contributed by atoms with Gasteiger partial charge in [-0.15, -0.1) is 0 Å². The van der Waals surface area contributed by atoms with Crippen LogP contribution in [0, 0.1) is 5.92 Å². The van der Waals surface area contributed by atoms with Gasteiger partial charge in [0.15, 0.2) is 0 Å². The zero-order valence-electron chi connectivity index (χ0n) is 14.1. The average molecular weight is 297 g/mol. The molecule has 0 aromatic rings. The summed E-state index contributed by atoms with van der Waals surface area (Å²) in [7, 11) is 0. The topological polar surface area (TPSA) is 75.4 Å². The standard InChI is InChI=1S/C16H31N3O2/c1-10(2)15(17)16(21)18-13-8-6-7-9-14(13)19(11(3)4)12(5)20/h10-11,13-15H,6-9,17H2,1-5H3,(H,18,21)/t13?,14?,15-/m0/s1. The van der Waals surface area contributed by atoms with Crippen molar-refractivity contribution >= 4 is 11.8 Å². The first kappa shape index (κ1) is 18.0. The number of carbonyl (C=O) groups excluding carboxylic acids is 2. The Morgan fingerprint density at radius 3 is 2.19 bits per heavy atom. The molecule has 122 valence electrons. The molecule has 3 N–H and O–H groups in total. The van der Waals surface area contributed by atoms with Crippen molar-refractivity contribution in [1.82, 2.24) is 10.2 Å². The Balaban J connectivity index is 2.82. The van der Waals surface area contributed by atoms with Crippen LogP contribution in [0.5, 0.6) is 0 Å². The van der Waals surface area contributed by atoms with E-state index in [2.05, 4.69) is 5.32 Å². The molecule has 0 aromatic heterocycles. The molecule has 0 radical (unpaired) electrons. The van der Waals surface area contributed by atoms with Crippen molar-refractivity contribution < 1.29 is 9.59 Å². The summed E-state index contributed by atoms with van der Waals surface area (Å²) >= 11 is 0. The van der Waals surface area contributed by atoms with Crippen molar-refractivity contribution in [1.29, 1.82) is 0 Å². The number of nitrogens with zero attached hydrogens (tertiary/aromatic N) is 1. The number of hydrogen-bond donors (Lipinski definition) is 2. The van der Waals surface area contributed by atoms with Crippen LogP contribution >= 0.6 is 0 Å². The lowest BCUT2D eigenvalue weighted by molar-refractivity contribution is -0.136. The van der Waals surface area contributed by atoms with Crippen LogP contribution in [0.3, 0.4) is 0 Å². The molecule has 5 nitrogen and oxygen atoms in total. The van der Waals surface area contributed by atoms with Gasteiger partial charge >= 0.3 is 0 Å². The summed E-state index contributed by atoms with van der Waals surface area (Å²) in [5.74, 6) is 0.0829. The molecule has 1 aliphatic rings. The molecule has 0 bridgehead atoms. The van der Waals surface area contributed by atoms with E-state index in [0.717, 1.165) is 25.7 Å². The second-order valence-corrected chi connectivity index (χ2v) is 6.76. The third kappa shape index (κ3) is 4.70. The van der Waals surface area contributed by atoms with Crippen molar-refractivity contribution in [3.05, 3.63) is 0 Å². The molecule has 0 heterocycles. The van der Waals surface area contributed by atoms with Crippen LogP contribution < -0.4 is 11.1 Å². The third-order valence-corrected chi connectivity index (χ3v) is 4.36. The van der Waals surface area contributed by atoms with Crippen molar-refractivity contribution in [2.75, 3.05) is 0 Å². The van der Waals surface area contributed by atoms with Crippen molar-refractivity contribution in [2.24, 2.45) is 11.7 Å². The molecule has 1 aliphatic carbocycles. The summed E-state index contributed by atoms with van der Waals surface area (Å²) in [6.45, 7) is 9.54. The Bertz CT molecular complexity index is 369. The zero-order valence-corrected chi connectivity index (χ0v) is 14.1. The van der Waals surface area contributed by atoms with Crippen LogP contribution in [0.25, 0.3) is 0 Å². The molecule has 21 heavy (non-hydrogen) atoms. The molecule has 2 amide bonds. The molecule has 1 rings (SSSR count). The predicted molar refractivity (Wildman–Crippen MR) is 84.7 cm³/mol. The Kier molecular flexibility index (Phi) is 6.65. The van der Waals surface area contributed by atoms with E-state index >= 15 is 0 Å². The van der Waals surface area contributed by atoms with Crippen LogP contribution in [0.15, 0.2) is 0 Å². The van der Waals surface area contributed by atoms with Crippen LogP contribution in [-0.2, 0) is 9.59 Å². The number of nitrogens with two attached hydrogens (primary N) is 1. The highest BCUT2D eigenvalue weighted by atomic mass is 16.2. The van der Waals surface area contributed by atoms with Crippen molar-refractivity contribution in [3.63, 3.8) is 0 Å². The molecule has 0 saturated heterocycles. The van der Waals surface area contributed by atoms with Gasteiger partial charge in [0.05, 0.1) is 12.1 Å². The highest BCUT2D eigenvalue weighted by Gasteiger charge is 2.34. The molecule has 0 spiro atoms. The van der Waals surface area contributed by atoms with Crippen LogP contribution in [0.2, 0.25) is 0 Å². The molecular formula is C16H31N3O2. The second-order valence-electron chi connectivity index (χ2n) is 6.76. The number of carbonyl (C=O) groups is 2. The summed E-state index contributed by atoms with van der Waals surface area (Å²) in [5.41, 5.74) is 5.93. The van der Waals surface area contributed by atoms with E-state index in [0.29, 0.717) is 0 Å². The first-order valence-electron chi connectivity index (χ1n) is 8.10. The minimum absolute atomic E-state index is 0.0161. The first-order valence-corrected chi connectivity index (χ1v) is 8.10. The van der Waals surface area contributed by atoms with Gasteiger partial charge in [0.2, 0.25) is 11.8 Å². The molecule has 1 saturated carbocycles. The Morgan fingerprint density at radius 1 is 1.14 bits per heavy atom. The van der Waals surface area contributed by atoms with Gasteiger partial charge in [-0.05, 0) is 32.6 Å². The van der Waals surface area contributed by atoms with Gasteiger partial charge in [-0.1, -0.05) is 26.7 Å². The van der Waals surface area contributed by atoms with E-state index in [4.69, 9.17) is 5.73 Å². The van der Waals surface area contributed by atoms with E-state index in [1.54, 1.807) is 6.92 Å². The quantitative estimate of drug-likeness (QED) is 0.810. The lowest BCUT2D eigenvalue weighted by Gasteiger charge is -2.42. The van der Waals surface area contributed by atoms with Gasteiger partial charge in [0.1, 0.15) is 0 Å². The Morgan fingerprint density at radius 2 is 1.71 bits per heavy atom. The SMILES string of the molecule is CC(=O)N(C(C)C)C1CCCCC1NC(=O)[C@@H](N)C(C)C. The highest BCUT2D eigenvalue weighted by molar-refractivity contribution is 5.82. The lowest BCUT2D eigenvalue weighted by Crippen LogP contribution is -2.59. The van der Waals surface area contributed by atoms with Crippen LogP contribution in [-0.4, -0.2) is 40.9 Å². The van der Waals surface area contributed by atoms with Gasteiger partial charge in [-0.25, -0.2) is 0 Å². The van der Waals surface area contributed by atoms with Crippen LogP contribution in [0.4, 0.5) is 0 Å². The first-order chi connectivity index (χ1) is 9.75. The van der Waals surface area contributed by atoms with E-state index in [9.17, 15) is 9.59 Å². The maximum atomic E-state index is 12.2. The number of amides is 2. The molecular weight excluding hydrogens is 266 g/mol. The summed E-state index contributed by atoms with van der Waals surface area (Å²) < 4.78 is 0. The monoisotopic (exact) mass is 297 g/mol. The average Bonchev–Trinajstić information content (AvgIpc) is 2.38. The maximum absolute atomic E-state index is 12.2. The van der Waals surface area contributed by atoms with Crippen molar-refractivity contribution in [3.8, 4) is 0 Å². The Labute approximate surface area is 128 Å². The minimum Gasteiger partial charge on any atom is -0.350 e. The lowest BCUT2D eigenvalue weighted by atomic mass is 9.88. The maximum Gasteiger partial charge on any atom is 0.237 e. The minimum atomic E-state index is -0.489. The third-order valence-electron chi connectivity index (χ3n) is 4.36. The number of nitrogens with one attached hydrogen (secondary N) is 1. The van der Waals surface area contributed by atoms with E-state index in [-0.39, 0.29) is 35.9 Å². The summed E-state index contributed by atoms with van der Waals surface area (Å²) in [4.78, 5) is 26.1. The fourth-order valence-electron chi connectivity index (χ4n) is 3.17. The summed E-state index contributed by atoms with van der Waals surface area (Å²) in [6.07, 6.45) is 4.04. The van der Waals surface area contributed by atoms with E-state index < -0.39 is 6.04 Å². The van der Waals surface area contributed by atoms with E-state index in [1.807, 2.05) is 32.6 Å². The molecule has 0 aromatic carbocycles. The number of hydrogen-bond acceptors (Lipinski definition) is 3. The number of rotatable bonds is 5. The van der Waals surface area contributed by atoms with Crippen LogP contribution in [0.1, 0.15) is 60.3 Å². The fourth-order valence-corrected chi connectivity index (χ4v) is 3.17. The largest absolute Gasteiger partial charge is 0.350 e. The smallest absolute Gasteiger partial charge is 0.237 e. The molecule has 0 aliphatic heterocycles. The van der Waals surface area contributed by atoms with Gasteiger partial charge in [0.25, 0.3) is 0 Å². The normalized spacial score (nSPS) is 24.0. The van der Waals surface area contributed by atoms with E-state index in [1.165, 1.54) is 0 Å². The summed E-state index contributed by atoms with van der Waals surface area (Å²) in [6, 6.07) is -0.247. The van der Waals surface area contributed by atoms with Crippen molar-refractivity contribution in [2.45, 2.75) is 84.5 Å². The molecule has 1 fully saturated rings. The predicted octanol–water partition coefficient (Wildman–Crippen LogP) is 1.65. The molecule has 2 unspecified atom stereocenters. The van der Waals surface area contributed by atoms with Gasteiger partial charge in [-0.2, -0.15) is 0 Å². The highest BCUT2D eigenvalue weighted by Crippen LogP contribution is 2.25. The molecule has 3 atom stereocenters. The van der Waals surface area contributed by atoms with Gasteiger partial charge in [0, 0.05) is 19.0 Å². The zero-order chi connectivity index (χ0) is 16.2. The van der Waals surface area contributed by atoms with Gasteiger partial charge < -0.3 is 16.0 Å². The Hall–Kier alpha value is -1.10. The van der Waals surface area contributed by atoms with Gasteiger partial charge in [-0.3, -0.25) is 9.59 Å². The fraction of sp³-hybridized carbons (Fsp3) is 0.875. The summed E-state index contributed by atoms with van der Waals surface area (Å²) in [5, 5.41) is 3.08. The molecule has 5 heteroatoms.